The first kappa shape index (κ1) is 21.3. The maximum atomic E-state index is 12.4. The van der Waals surface area contributed by atoms with Crippen LogP contribution in [0, 0.1) is 0 Å². The summed E-state index contributed by atoms with van der Waals surface area (Å²) in [6.45, 7) is 2.02. The van der Waals surface area contributed by atoms with Gasteiger partial charge in [-0.05, 0) is 41.8 Å². The first-order chi connectivity index (χ1) is 15.1. The van der Waals surface area contributed by atoms with Crippen LogP contribution in [0.25, 0.3) is 22.4 Å². The van der Waals surface area contributed by atoms with Crippen molar-refractivity contribution in [3.8, 4) is 28.1 Å². The summed E-state index contributed by atoms with van der Waals surface area (Å²) in [4.78, 5) is 18.2. The van der Waals surface area contributed by atoms with Crippen LogP contribution in [0.3, 0.4) is 0 Å². The lowest BCUT2D eigenvalue weighted by atomic mass is 10.1. The summed E-state index contributed by atoms with van der Waals surface area (Å²) in [5.41, 5.74) is 4.19. The van der Waals surface area contributed by atoms with Crippen LogP contribution in [0.4, 0.5) is 5.13 Å². The average Bonchev–Trinajstić information content (AvgIpc) is 3.22. The quantitative estimate of drug-likeness (QED) is 0.307. The number of halogens is 1. The molecule has 31 heavy (non-hydrogen) atoms. The molecule has 0 bridgehead atoms. The maximum absolute atomic E-state index is 12.4. The zero-order valence-electron chi connectivity index (χ0n) is 17.0. The third-order valence-corrected chi connectivity index (χ3v) is 6.36. The van der Waals surface area contributed by atoms with E-state index in [4.69, 9.17) is 4.74 Å². The van der Waals surface area contributed by atoms with Crippen molar-refractivity contribution >= 4 is 38.3 Å². The summed E-state index contributed by atoms with van der Waals surface area (Å²) in [5.74, 6) is 0.421. The lowest BCUT2D eigenvalue weighted by Crippen LogP contribution is -2.20. The van der Waals surface area contributed by atoms with E-state index in [0.29, 0.717) is 10.9 Å². The fourth-order valence-corrected chi connectivity index (χ4v) is 4.36. The van der Waals surface area contributed by atoms with E-state index in [-0.39, 0.29) is 12.5 Å². The second kappa shape index (κ2) is 9.90. The molecule has 156 valence electrons. The van der Waals surface area contributed by atoms with Crippen LogP contribution in [0.15, 0.2) is 83.3 Å². The van der Waals surface area contributed by atoms with Gasteiger partial charge in [0.2, 0.25) is 0 Å². The number of anilines is 1. The van der Waals surface area contributed by atoms with Gasteiger partial charge in [-0.25, -0.2) is 4.98 Å². The molecule has 0 aliphatic rings. The maximum Gasteiger partial charge on any atom is 0.264 e. The van der Waals surface area contributed by atoms with Crippen LogP contribution in [0.1, 0.15) is 11.8 Å². The van der Waals surface area contributed by atoms with Gasteiger partial charge < -0.3 is 4.74 Å². The molecule has 4 aromatic rings. The minimum absolute atomic E-state index is 0.0701. The molecular formula is C25H21BrN2O2S. The van der Waals surface area contributed by atoms with E-state index in [2.05, 4.69) is 45.3 Å². The van der Waals surface area contributed by atoms with Crippen molar-refractivity contribution in [1.82, 2.24) is 4.98 Å². The molecule has 0 spiro atoms. The second-order valence-electron chi connectivity index (χ2n) is 6.88. The molecular weight excluding hydrogens is 472 g/mol. The van der Waals surface area contributed by atoms with Gasteiger partial charge in [0.25, 0.3) is 5.91 Å². The van der Waals surface area contributed by atoms with Gasteiger partial charge in [-0.1, -0.05) is 77.5 Å². The lowest BCUT2D eigenvalue weighted by Gasteiger charge is -2.07. The number of hydrogen-bond donors (Lipinski definition) is 1. The van der Waals surface area contributed by atoms with E-state index in [1.807, 2.05) is 66.7 Å². The number of hydrogen-bond acceptors (Lipinski definition) is 4. The number of carbonyl (C=O) groups is 1. The Bertz CT molecular complexity index is 1160. The third kappa shape index (κ3) is 5.40. The molecule has 1 aromatic heterocycles. The molecule has 6 heteroatoms. The van der Waals surface area contributed by atoms with E-state index >= 15 is 0 Å². The van der Waals surface area contributed by atoms with Gasteiger partial charge in [0.05, 0.1) is 5.69 Å². The highest BCUT2D eigenvalue weighted by atomic mass is 79.9. The molecule has 0 aliphatic heterocycles. The third-order valence-electron chi connectivity index (χ3n) is 4.71. The van der Waals surface area contributed by atoms with Gasteiger partial charge in [-0.3, -0.25) is 10.1 Å². The van der Waals surface area contributed by atoms with E-state index < -0.39 is 0 Å². The van der Waals surface area contributed by atoms with Crippen LogP contribution in [0.5, 0.6) is 5.75 Å². The Morgan fingerprint density at radius 2 is 1.58 bits per heavy atom. The zero-order chi connectivity index (χ0) is 21.6. The number of ether oxygens (including phenoxy) is 1. The Balaban J connectivity index is 1.37. The van der Waals surface area contributed by atoms with Crippen molar-refractivity contribution in [3.05, 3.63) is 88.2 Å². The number of rotatable bonds is 7. The normalized spacial score (nSPS) is 10.6. The molecule has 1 N–H and O–H groups in total. The lowest BCUT2D eigenvalue weighted by molar-refractivity contribution is -0.118. The standard InChI is InChI=1S/C25H21BrN2O2S/c1-2-22-24(19-8-12-20(26)13-9-19)28-25(31-22)27-23(29)16-30-21-14-10-18(11-15-21)17-6-4-3-5-7-17/h3-15H,2,16H2,1H3,(H,27,28,29). The Labute approximate surface area is 194 Å². The van der Waals surface area contributed by atoms with Gasteiger partial charge in [0.15, 0.2) is 11.7 Å². The summed E-state index contributed by atoms with van der Waals surface area (Å²) in [5, 5.41) is 3.45. The Morgan fingerprint density at radius 1 is 0.935 bits per heavy atom. The molecule has 1 amide bonds. The number of aromatic nitrogens is 1. The number of aryl methyl sites for hydroxylation is 1. The van der Waals surface area contributed by atoms with Gasteiger partial charge in [-0.15, -0.1) is 11.3 Å². The first-order valence-corrected chi connectivity index (χ1v) is 11.6. The summed E-state index contributed by atoms with van der Waals surface area (Å²) >= 11 is 4.95. The molecule has 1 heterocycles. The largest absolute Gasteiger partial charge is 0.484 e. The highest BCUT2D eigenvalue weighted by Gasteiger charge is 2.14. The number of carbonyl (C=O) groups excluding carboxylic acids is 1. The summed E-state index contributed by atoms with van der Waals surface area (Å²) in [7, 11) is 0. The monoisotopic (exact) mass is 492 g/mol. The van der Waals surface area contributed by atoms with Crippen molar-refractivity contribution in [1.29, 1.82) is 0 Å². The molecule has 4 rings (SSSR count). The molecule has 0 atom stereocenters. The summed E-state index contributed by atoms with van der Waals surface area (Å²) in [6.07, 6.45) is 0.850. The number of thiazole rings is 1. The van der Waals surface area contributed by atoms with E-state index in [1.165, 1.54) is 11.3 Å². The molecule has 0 saturated heterocycles. The molecule has 3 aromatic carbocycles. The first-order valence-electron chi connectivity index (χ1n) is 9.96. The predicted octanol–water partition coefficient (Wildman–Crippen LogP) is 6.82. The predicted molar refractivity (Wildman–Crippen MR) is 131 cm³/mol. The Kier molecular flexibility index (Phi) is 6.79. The van der Waals surface area contributed by atoms with Crippen molar-refractivity contribution in [2.75, 3.05) is 11.9 Å². The van der Waals surface area contributed by atoms with Gasteiger partial charge in [-0.2, -0.15) is 0 Å². The number of amides is 1. The molecule has 0 saturated carbocycles. The van der Waals surface area contributed by atoms with Crippen molar-refractivity contribution < 1.29 is 9.53 Å². The van der Waals surface area contributed by atoms with Crippen LogP contribution in [0.2, 0.25) is 0 Å². The van der Waals surface area contributed by atoms with Crippen molar-refractivity contribution in [3.63, 3.8) is 0 Å². The molecule has 0 aliphatic carbocycles. The highest BCUT2D eigenvalue weighted by Crippen LogP contribution is 2.32. The fraction of sp³-hybridized carbons (Fsp3) is 0.120. The molecule has 0 unspecified atom stereocenters. The number of nitrogens with one attached hydrogen (secondary N) is 1. The minimum atomic E-state index is -0.231. The number of nitrogens with zero attached hydrogens (tertiary/aromatic N) is 1. The van der Waals surface area contributed by atoms with Crippen LogP contribution in [-0.2, 0) is 11.2 Å². The van der Waals surface area contributed by atoms with E-state index in [9.17, 15) is 4.79 Å². The van der Waals surface area contributed by atoms with Gasteiger partial charge in [0.1, 0.15) is 5.75 Å². The SMILES string of the molecule is CCc1sc(NC(=O)COc2ccc(-c3ccccc3)cc2)nc1-c1ccc(Br)cc1. The van der Waals surface area contributed by atoms with Crippen LogP contribution in [-0.4, -0.2) is 17.5 Å². The van der Waals surface area contributed by atoms with E-state index in [1.54, 1.807) is 0 Å². The van der Waals surface area contributed by atoms with E-state index in [0.717, 1.165) is 38.2 Å². The van der Waals surface area contributed by atoms with Crippen molar-refractivity contribution in [2.45, 2.75) is 13.3 Å². The second-order valence-corrected chi connectivity index (χ2v) is 8.88. The van der Waals surface area contributed by atoms with Crippen LogP contribution >= 0.6 is 27.3 Å². The molecule has 0 fully saturated rings. The smallest absolute Gasteiger partial charge is 0.264 e. The number of benzene rings is 3. The topological polar surface area (TPSA) is 51.2 Å². The molecule has 4 nitrogen and oxygen atoms in total. The van der Waals surface area contributed by atoms with Gasteiger partial charge in [0, 0.05) is 14.9 Å². The molecule has 0 radical (unpaired) electrons. The van der Waals surface area contributed by atoms with Gasteiger partial charge >= 0.3 is 0 Å². The average molecular weight is 493 g/mol. The Hall–Kier alpha value is -2.96. The fourth-order valence-electron chi connectivity index (χ4n) is 3.16. The summed E-state index contributed by atoms with van der Waals surface area (Å²) in [6, 6.07) is 25.9. The summed E-state index contributed by atoms with van der Waals surface area (Å²) < 4.78 is 6.67. The minimum Gasteiger partial charge on any atom is -0.484 e. The van der Waals surface area contributed by atoms with Crippen LogP contribution < -0.4 is 10.1 Å². The van der Waals surface area contributed by atoms with Crippen molar-refractivity contribution in [2.24, 2.45) is 0 Å². The Morgan fingerprint density at radius 3 is 2.26 bits per heavy atom. The highest BCUT2D eigenvalue weighted by molar-refractivity contribution is 9.10. The zero-order valence-corrected chi connectivity index (χ0v) is 19.4.